The third-order valence-corrected chi connectivity index (χ3v) is 2.30. The van der Waals surface area contributed by atoms with Gasteiger partial charge >= 0.3 is 0 Å². The monoisotopic (exact) mass is 224 g/mol. The molecule has 0 aromatic heterocycles. The molecule has 1 aromatic carbocycles. The number of ether oxygens (including phenoxy) is 1. The molecule has 0 aliphatic carbocycles. The van der Waals surface area contributed by atoms with Crippen LogP contribution in [0.4, 0.5) is 0 Å². The number of carbonyl (C=O) groups excluding carboxylic acids is 1. The van der Waals surface area contributed by atoms with Crippen molar-refractivity contribution >= 4 is 5.78 Å². The summed E-state index contributed by atoms with van der Waals surface area (Å²) in [4.78, 5) is 11.6. The normalized spacial score (nSPS) is 12.2. The second-order valence-corrected chi connectivity index (χ2v) is 3.52. The quantitative estimate of drug-likeness (QED) is 0.708. The van der Waals surface area contributed by atoms with Crippen molar-refractivity contribution in [3.05, 3.63) is 29.8 Å². The lowest BCUT2D eigenvalue weighted by Crippen LogP contribution is -2.14. The van der Waals surface area contributed by atoms with Crippen LogP contribution in [0.5, 0.6) is 5.75 Å². The van der Waals surface area contributed by atoms with Crippen LogP contribution in [-0.4, -0.2) is 35.8 Å². The molecule has 0 heterocycles. The highest BCUT2D eigenvalue weighted by atomic mass is 16.5. The van der Waals surface area contributed by atoms with Gasteiger partial charge in [-0.15, -0.1) is 0 Å². The van der Waals surface area contributed by atoms with E-state index in [-0.39, 0.29) is 25.2 Å². The molecule has 0 aliphatic rings. The van der Waals surface area contributed by atoms with Gasteiger partial charge in [0.05, 0.1) is 13.2 Å². The van der Waals surface area contributed by atoms with Crippen molar-refractivity contribution in [1.82, 2.24) is 0 Å². The zero-order valence-corrected chi connectivity index (χ0v) is 9.22. The maximum Gasteiger partial charge on any atom is 0.165 e. The van der Waals surface area contributed by atoms with Crippen molar-refractivity contribution in [3.8, 4) is 5.75 Å². The summed E-state index contributed by atoms with van der Waals surface area (Å²) in [6.07, 6.45) is -0.519. The molecule has 1 atom stereocenters. The fraction of sp³-hybridized carbons (Fsp3) is 0.417. The predicted molar refractivity (Wildman–Crippen MR) is 59.7 cm³/mol. The minimum Gasteiger partial charge on any atom is -0.497 e. The van der Waals surface area contributed by atoms with E-state index in [1.165, 1.54) is 0 Å². The smallest absolute Gasteiger partial charge is 0.165 e. The Labute approximate surface area is 94.5 Å². The van der Waals surface area contributed by atoms with Gasteiger partial charge in [-0.3, -0.25) is 4.79 Å². The van der Waals surface area contributed by atoms with Crippen molar-refractivity contribution in [1.29, 1.82) is 0 Å². The van der Waals surface area contributed by atoms with Crippen LogP contribution < -0.4 is 4.74 Å². The lowest BCUT2D eigenvalue weighted by Gasteiger charge is -2.08. The molecule has 2 N–H and O–H groups in total. The Morgan fingerprint density at radius 1 is 1.38 bits per heavy atom. The van der Waals surface area contributed by atoms with E-state index < -0.39 is 6.10 Å². The van der Waals surface area contributed by atoms with Crippen LogP contribution in [0.3, 0.4) is 0 Å². The Bertz CT molecular complexity index is 331. The fourth-order valence-corrected chi connectivity index (χ4v) is 1.36. The first-order chi connectivity index (χ1) is 7.67. The van der Waals surface area contributed by atoms with E-state index in [9.17, 15) is 9.90 Å². The van der Waals surface area contributed by atoms with Crippen molar-refractivity contribution in [2.45, 2.75) is 18.9 Å². The molecular formula is C12H16O4. The van der Waals surface area contributed by atoms with Crippen molar-refractivity contribution in [3.63, 3.8) is 0 Å². The molecule has 0 unspecified atom stereocenters. The molecule has 1 aromatic rings. The van der Waals surface area contributed by atoms with Gasteiger partial charge in [-0.05, 0) is 30.7 Å². The molecule has 1 rings (SSSR count). The molecule has 4 nitrogen and oxygen atoms in total. The summed E-state index contributed by atoms with van der Waals surface area (Å²) in [6.45, 7) is -0.114. The average molecular weight is 224 g/mol. The molecule has 16 heavy (non-hydrogen) atoms. The topological polar surface area (TPSA) is 66.8 Å². The number of hydrogen-bond acceptors (Lipinski definition) is 4. The largest absolute Gasteiger partial charge is 0.497 e. The third kappa shape index (κ3) is 3.64. The molecule has 0 amide bonds. The Morgan fingerprint density at radius 3 is 2.50 bits per heavy atom. The van der Waals surface area contributed by atoms with Crippen LogP contribution in [0.1, 0.15) is 23.2 Å². The number of methoxy groups -OCH3 is 1. The van der Waals surface area contributed by atoms with E-state index in [0.717, 1.165) is 0 Å². The molecule has 0 saturated carbocycles. The van der Waals surface area contributed by atoms with Crippen LogP contribution in [-0.2, 0) is 0 Å². The SMILES string of the molecule is COc1ccc(C(=O)C[C@@H](O)CCO)cc1. The Hall–Kier alpha value is -1.39. The highest BCUT2D eigenvalue weighted by molar-refractivity contribution is 5.96. The van der Waals surface area contributed by atoms with E-state index in [2.05, 4.69) is 0 Å². The Balaban J connectivity index is 2.59. The maximum atomic E-state index is 11.6. The van der Waals surface area contributed by atoms with Crippen LogP contribution in [0.15, 0.2) is 24.3 Å². The van der Waals surface area contributed by atoms with Gasteiger partial charge in [-0.25, -0.2) is 0 Å². The van der Waals surface area contributed by atoms with E-state index in [0.29, 0.717) is 11.3 Å². The molecule has 0 bridgehead atoms. The molecule has 4 heteroatoms. The predicted octanol–water partition coefficient (Wildman–Crippen LogP) is 1.01. The van der Waals surface area contributed by atoms with Gasteiger partial charge in [-0.2, -0.15) is 0 Å². The second kappa shape index (κ2) is 6.25. The second-order valence-electron chi connectivity index (χ2n) is 3.52. The fourth-order valence-electron chi connectivity index (χ4n) is 1.36. The number of aliphatic hydroxyl groups excluding tert-OH is 2. The third-order valence-electron chi connectivity index (χ3n) is 2.30. The molecule has 0 spiro atoms. The van der Waals surface area contributed by atoms with Gasteiger partial charge in [0.1, 0.15) is 5.75 Å². The molecular weight excluding hydrogens is 208 g/mol. The van der Waals surface area contributed by atoms with E-state index in [4.69, 9.17) is 9.84 Å². The Morgan fingerprint density at radius 2 is 2.00 bits per heavy atom. The zero-order valence-electron chi connectivity index (χ0n) is 9.22. The van der Waals surface area contributed by atoms with Crippen LogP contribution in [0.25, 0.3) is 0 Å². The summed E-state index contributed by atoms with van der Waals surface area (Å²) < 4.78 is 4.97. The van der Waals surface area contributed by atoms with Gasteiger partial charge in [-0.1, -0.05) is 0 Å². The highest BCUT2D eigenvalue weighted by Gasteiger charge is 2.12. The van der Waals surface area contributed by atoms with Crippen molar-refractivity contribution in [2.24, 2.45) is 0 Å². The molecule has 0 fully saturated rings. The molecule has 0 saturated heterocycles. The number of carbonyl (C=O) groups is 1. The van der Waals surface area contributed by atoms with Crippen LogP contribution in [0.2, 0.25) is 0 Å². The number of ketones is 1. The standard InChI is InChI=1S/C12H16O4/c1-16-11-4-2-9(3-5-11)12(15)8-10(14)6-7-13/h2-5,10,13-14H,6-8H2,1H3/t10-/m0/s1. The first kappa shape index (κ1) is 12.7. The number of aliphatic hydroxyl groups is 2. The summed E-state index contributed by atoms with van der Waals surface area (Å²) in [5.74, 6) is 0.552. The number of Topliss-reactive ketones (excluding diaryl/α,β-unsaturated/α-hetero) is 1. The molecule has 88 valence electrons. The van der Waals surface area contributed by atoms with E-state index in [1.54, 1.807) is 31.4 Å². The highest BCUT2D eigenvalue weighted by Crippen LogP contribution is 2.13. The van der Waals surface area contributed by atoms with E-state index >= 15 is 0 Å². The first-order valence-electron chi connectivity index (χ1n) is 5.13. The minimum atomic E-state index is -0.778. The van der Waals surface area contributed by atoms with Gasteiger partial charge in [0.25, 0.3) is 0 Å². The summed E-state index contributed by atoms with van der Waals surface area (Å²) in [7, 11) is 1.56. The van der Waals surface area contributed by atoms with Crippen molar-refractivity contribution < 1.29 is 19.7 Å². The Kier molecular flexibility index (Phi) is 4.95. The van der Waals surface area contributed by atoms with Gasteiger partial charge < -0.3 is 14.9 Å². The molecule has 0 aliphatic heterocycles. The van der Waals surface area contributed by atoms with Crippen LogP contribution in [0, 0.1) is 0 Å². The summed E-state index contributed by atoms with van der Waals surface area (Å²) >= 11 is 0. The zero-order chi connectivity index (χ0) is 12.0. The number of benzene rings is 1. The number of hydrogen-bond donors (Lipinski definition) is 2. The summed E-state index contributed by atoms with van der Waals surface area (Å²) in [6, 6.07) is 6.72. The molecule has 0 radical (unpaired) electrons. The average Bonchev–Trinajstić information content (AvgIpc) is 2.29. The van der Waals surface area contributed by atoms with Crippen molar-refractivity contribution in [2.75, 3.05) is 13.7 Å². The van der Waals surface area contributed by atoms with Gasteiger partial charge in [0.2, 0.25) is 0 Å². The minimum absolute atomic E-state index is 0.0346. The first-order valence-corrected chi connectivity index (χ1v) is 5.13. The summed E-state index contributed by atoms with van der Waals surface area (Å²) in [5, 5.41) is 18.0. The van der Waals surface area contributed by atoms with Crippen LogP contribution >= 0.6 is 0 Å². The maximum absolute atomic E-state index is 11.6. The van der Waals surface area contributed by atoms with E-state index in [1.807, 2.05) is 0 Å². The number of rotatable bonds is 6. The van der Waals surface area contributed by atoms with Gasteiger partial charge in [0, 0.05) is 18.6 Å². The van der Waals surface area contributed by atoms with Gasteiger partial charge in [0.15, 0.2) is 5.78 Å². The lowest BCUT2D eigenvalue weighted by atomic mass is 10.0. The lowest BCUT2D eigenvalue weighted by molar-refractivity contribution is 0.0830. The summed E-state index contributed by atoms with van der Waals surface area (Å²) in [5.41, 5.74) is 0.540.